The zero-order chi connectivity index (χ0) is 13.1. The number of aromatic nitrogens is 1. The zero-order valence-electron chi connectivity index (χ0n) is 10.2. The molecule has 0 saturated carbocycles. The van der Waals surface area contributed by atoms with Gasteiger partial charge in [-0.25, -0.2) is 4.98 Å². The summed E-state index contributed by atoms with van der Waals surface area (Å²) >= 11 is 3.42. The number of amides is 1. The van der Waals surface area contributed by atoms with Crippen LogP contribution in [0.3, 0.4) is 0 Å². The molecule has 2 aromatic rings. The molecule has 0 unspecified atom stereocenters. The monoisotopic (exact) mass is 304 g/mol. The van der Waals surface area contributed by atoms with E-state index >= 15 is 0 Å². The maximum absolute atomic E-state index is 12.3. The Morgan fingerprint density at radius 2 is 2.06 bits per heavy atom. The Labute approximate surface area is 115 Å². The van der Waals surface area contributed by atoms with Gasteiger partial charge in [0.2, 0.25) is 0 Å². The quantitative estimate of drug-likeness (QED) is 0.851. The second-order valence-corrected chi connectivity index (χ2v) is 4.89. The molecule has 0 radical (unpaired) electrons. The highest BCUT2D eigenvalue weighted by Gasteiger charge is 2.16. The SMILES string of the molecule is Cc1ccc(C(=O)N(C)c2ccccn2)c(Br)c1. The number of benzene rings is 1. The van der Waals surface area contributed by atoms with Crippen LogP contribution in [-0.2, 0) is 0 Å². The molecule has 0 atom stereocenters. The second kappa shape index (κ2) is 5.31. The van der Waals surface area contributed by atoms with Gasteiger partial charge < -0.3 is 0 Å². The smallest absolute Gasteiger partial charge is 0.260 e. The molecular formula is C14H13BrN2O. The fourth-order valence-electron chi connectivity index (χ4n) is 1.63. The minimum atomic E-state index is -0.0828. The van der Waals surface area contributed by atoms with Gasteiger partial charge in [-0.1, -0.05) is 12.1 Å². The van der Waals surface area contributed by atoms with Crippen molar-refractivity contribution in [1.82, 2.24) is 4.98 Å². The Hall–Kier alpha value is -1.68. The minimum absolute atomic E-state index is 0.0828. The molecule has 0 aliphatic carbocycles. The normalized spacial score (nSPS) is 10.2. The van der Waals surface area contributed by atoms with Crippen molar-refractivity contribution in [3.63, 3.8) is 0 Å². The van der Waals surface area contributed by atoms with Crippen LogP contribution in [0.5, 0.6) is 0 Å². The van der Waals surface area contributed by atoms with Crippen molar-refractivity contribution in [1.29, 1.82) is 0 Å². The highest BCUT2D eigenvalue weighted by atomic mass is 79.9. The van der Waals surface area contributed by atoms with E-state index in [1.54, 1.807) is 19.3 Å². The van der Waals surface area contributed by atoms with E-state index in [0.29, 0.717) is 11.4 Å². The molecule has 1 heterocycles. The van der Waals surface area contributed by atoms with Crippen LogP contribution in [-0.4, -0.2) is 17.9 Å². The summed E-state index contributed by atoms with van der Waals surface area (Å²) in [7, 11) is 1.72. The first kappa shape index (κ1) is 12.8. The molecular weight excluding hydrogens is 292 g/mol. The summed E-state index contributed by atoms with van der Waals surface area (Å²) < 4.78 is 0.801. The summed E-state index contributed by atoms with van der Waals surface area (Å²) in [5.74, 6) is 0.551. The van der Waals surface area contributed by atoms with Crippen molar-refractivity contribution in [2.45, 2.75) is 6.92 Å². The first-order chi connectivity index (χ1) is 8.59. The lowest BCUT2D eigenvalue weighted by atomic mass is 10.1. The minimum Gasteiger partial charge on any atom is -0.296 e. The largest absolute Gasteiger partial charge is 0.296 e. The highest BCUT2D eigenvalue weighted by molar-refractivity contribution is 9.10. The lowest BCUT2D eigenvalue weighted by molar-refractivity contribution is 0.0991. The van der Waals surface area contributed by atoms with Gasteiger partial charge in [0.1, 0.15) is 5.82 Å². The van der Waals surface area contributed by atoms with Crippen molar-refractivity contribution in [3.05, 3.63) is 58.2 Å². The van der Waals surface area contributed by atoms with E-state index in [9.17, 15) is 4.79 Å². The number of carbonyl (C=O) groups is 1. The van der Waals surface area contributed by atoms with Crippen LogP contribution in [0, 0.1) is 6.92 Å². The van der Waals surface area contributed by atoms with Crippen molar-refractivity contribution in [3.8, 4) is 0 Å². The second-order valence-electron chi connectivity index (χ2n) is 4.04. The molecule has 1 aromatic carbocycles. The molecule has 0 spiro atoms. The fourth-order valence-corrected chi connectivity index (χ4v) is 2.29. The summed E-state index contributed by atoms with van der Waals surface area (Å²) in [5, 5.41) is 0. The highest BCUT2D eigenvalue weighted by Crippen LogP contribution is 2.21. The predicted molar refractivity (Wildman–Crippen MR) is 75.8 cm³/mol. The van der Waals surface area contributed by atoms with Crippen molar-refractivity contribution in [2.75, 3.05) is 11.9 Å². The third kappa shape index (κ3) is 2.59. The molecule has 1 aromatic heterocycles. The van der Waals surface area contributed by atoms with Crippen LogP contribution in [0.15, 0.2) is 47.1 Å². The molecule has 18 heavy (non-hydrogen) atoms. The van der Waals surface area contributed by atoms with E-state index in [-0.39, 0.29) is 5.91 Å². The van der Waals surface area contributed by atoms with Crippen LogP contribution in [0.2, 0.25) is 0 Å². The zero-order valence-corrected chi connectivity index (χ0v) is 11.8. The number of hydrogen-bond donors (Lipinski definition) is 0. The van der Waals surface area contributed by atoms with E-state index in [0.717, 1.165) is 10.0 Å². The lowest BCUT2D eigenvalue weighted by Crippen LogP contribution is -2.27. The third-order valence-corrected chi connectivity index (χ3v) is 3.31. The molecule has 1 amide bonds. The van der Waals surface area contributed by atoms with Gasteiger partial charge in [0.05, 0.1) is 5.56 Å². The number of pyridine rings is 1. The molecule has 0 N–H and O–H groups in total. The van der Waals surface area contributed by atoms with Crippen LogP contribution < -0.4 is 4.90 Å². The number of halogens is 1. The topological polar surface area (TPSA) is 33.2 Å². The maximum atomic E-state index is 12.3. The molecule has 0 fully saturated rings. The third-order valence-electron chi connectivity index (χ3n) is 2.65. The van der Waals surface area contributed by atoms with Gasteiger partial charge in [-0.15, -0.1) is 0 Å². The number of nitrogens with zero attached hydrogens (tertiary/aromatic N) is 2. The molecule has 2 rings (SSSR count). The number of hydrogen-bond acceptors (Lipinski definition) is 2. The van der Waals surface area contributed by atoms with E-state index < -0.39 is 0 Å². The van der Waals surface area contributed by atoms with Crippen molar-refractivity contribution < 1.29 is 4.79 Å². The first-order valence-electron chi connectivity index (χ1n) is 5.55. The fraction of sp³-hybridized carbons (Fsp3) is 0.143. The molecule has 4 heteroatoms. The van der Waals surface area contributed by atoms with Gasteiger partial charge in [0.25, 0.3) is 5.91 Å². The Bertz CT molecular complexity index is 569. The standard InChI is InChI=1S/C14H13BrN2O/c1-10-6-7-11(12(15)9-10)14(18)17(2)13-5-3-4-8-16-13/h3-9H,1-2H3. The summed E-state index contributed by atoms with van der Waals surface area (Å²) in [6.45, 7) is 1.99. The summed E-state index contributed by atoms with van der Waals surface area (Å²) in [5.41, 5.74) is 1.74. The van der Waals surface area contributed by atoms with Crippen LogP contribution in [0.1, 0.15) is 15.9 Å². The number of aryl methyl sites for hydroxylation is 1. The van der Waals surface area contributed by atoms with Gasteiger partial charge in [0, 0.05) is 17.7 Å². The Morgan fingerprint density at radius 3 is 2.67 bits per heavy atom. The summed E-state index contributed by atoms with van der Waals surface area (Å²) in [6, 6.07) is 11.2. The van der Waals surface area contributed by atoms with E-state index in [1.807, 2.05) is 37.3 Å². The molecule has 0 aliphatic rings. The molecule has 0 bridgehead atoms. The predicted octanol–water partition coefficient (Wildman–Crippen LogP) is 3.43. The Morgan fingerprint density at radius 1 is 1.28 bits per heavy atom. The number of rotatable bonds is 2. The average molecular weight is 305 g/mol. The van der Waals surface area contributed by atoms with Gasteiger partial charge in [0.15, 0.2) is 0 Å². The Kier molecular flexibility index (Phi) is 3.77. The van der Waals surface area contributed by atoms with Gasteiger partial charge in [-0.05, 0) is 52.7 Å². The maximum Gasteiger partial charge on any atom is 0.260 e. The van der Waals surface area contributed by atoms with E-state index in [4.69, 9.17) is 0 Å². The summed E-state index contributed by atoms with van der Waals surface area (Å²) in [6.07, 6.45) is 1.67. The van der Waals surface area contributed by atoms with Crippen LogP contribution in [0.25, 0.3) is 0 Å². The van der Waals surface area contributed by atoms with Crippen molar-refractivity contribution >= 4 is 27.7 Å². The number of anilines is 1. The molecule has 3 nitrogen and oxygen atoms in total. The van der Waals surface area contributed by atoms with Gasteiger partial charge in [-0.3, -0.25) is 9.69 Å². The average Bonchev–Trinajstić information content (AvgIpc) is 2.38. The molecule has 0 aliphatic heterocycles. The number of carbonyl (C=O) groups excluding carboxylic acids is 1. The van der Waals surface area contributed by atoms with Gasteiger partial charge in [-0.2, -0.15) is 0 Å². The van der Waals surface area contributed by atoms with E-state index in [1.165, 1.54) is 4.90 Å². The lowest BCUT2D eigenvalue weighted by Gasteiger charge is -2.17. The molecule has 92 valence electrons. The van der Waals surface area contributed by atoms with E-state index in [2.05, 4.69) is 20.9 Å². The van der Waals surface area contributed by atoms with Crippen LogP contribution >= 0.6 is 15.9 Å². The van der Waals surface area contributed by atoms with Gasteiger partial charge >= 0.3 is 0 Å². The van der Waals surface area contributed by atoms with Crippen molar-refractivity contribution in [2.24, 2.45) is 0 Å². The molecule has 0 saturated heterocycles. The first-order valence-corrected chi connectivity index (χ1v) is 6.34. The summed E-state index contributed by atoms with van der Waals surface area (Å²) in [4.78, 5) is 18.0. The van der Waals surface area contributed by atoms with Crippen LogP contribution in [0.4, 0.5) is 5.82 Å². The Balaban J connectivity index is 2.32.